The first kappa shape index (κ1) is 16.4. The van der Waals surface area contributed by atoms with Gasteiger partial charge in [0.2, 0.25) is 5.91 Å². The molecule has 0 saturated heterocycles. The summed E-state index contributed by atoms with van der Waals surface area (Å²) in [6.07, 6.45) is -3.70. The number of benzene rings is 1. The first-order valence-corrected chi connectivity index (χ1v) is 5.99. The molecule has 20 heavy (non-hydrogen) atoms. The first-order valence-electron chi connectivity index (χ1n) is 5.99. The quantitative estimate of drug-likeness (QED) is 0.791. The van der Waals surface area contributed by atoms with Gasteiger partial charge < -0.3 is 10.6 Å². The van der Waals surface area contributed by atoms with E-state index in [2.05, 4.69) is 10.6 Å². The normalized spacial score (nSPS) is 13.3. The highest BCUT2D eigenvalue weighted by atomic mass is 19.3. The molecule has 0 aromatic heterocycles. The van der Waals surface area contributed by atoms with Crippen molar-refractivity contribution in [3.8, 4) is 0 Å². The molecule has 0 fully saturated rings. The molecule has 0 spiro atoms. The molecular formula is C13H16F4N2O. The smallest absolute Gasteiger partial charge is 0.319 e. The van der Waals surface area contributed by atoms with Crippen LogP contribution in [0.3, 0.4) is 0 Å². The molecule has 0 heterocycles. The van der Waals surface area contributed by atoms with E-state index >= 15 is 0 Å². The molecule has 1 aromatic rings. The predicted octanol–water partition coefficient (Wildman–Crippen LogP) is 3.20. The highest BCUT2D eigenvalue weighted by molar-refractivity contribution is 5.88. The maximum absolute atomic E-state index is 12.8. The molecular weight excluding hydrogens is 276 g/mol. The zero-order chi connectivity index (χ0) is 15.3. The molecule has 112 valence electrons. The molecule has 0 radical (unpaired) electrons. The summed E-state index contributed by atoms with van der Waals surface area (Å²) in [6, 6.07) is 5.99. The second-order valence-corrected chi connectivity index (χ2v) is 4.47. The number of carbonyl (C=O) groups excluding carboxylic acids is 1. The van der Waals surface area contributed by atoms with Crippen molar-refractivity contribution in [2.24, 2.45) is 0 Å². The minimum absolute atomic E-state index is 0.257. The van der Waals surface area contributed by atoms with Crippen LogP contribution < -0.4 is 10.6 Å². The average Bonchev–Trinajstić information content (AvgIpc) is 2.35. The second-order valence-electron chi connectivity index (χ2n) is 4.47. The number of nitrogens with one attached hydrogen (secondary N) is 2. The summed E-state index contributed by atoms with van der Waals surface area (Å²) in [5, 5.41) is 4.91. The van der Waals surface area contributed by atoms with E-state index in [-0.39, 0.29) is 5.91 Å². The minimum atomic E-state index is -4.07. The van der Waals surface area contributed by atoms with E-state index in [4.69, 9.17) is 0 Å². The lowest BCUT2D eigenvalue weighted by molar-refractivity contribution is -0.126. The van der Waals surface area contributed by atoms with E-state index in [0.717, 1.165) is 0 Å². The third-order valence-corrected chi connectivity index (χ3v) is 2.67. The van der Waals surface area contributed by atoms with Gasteiger partial charge >= 0.3 is 12.3 Å². The van der Waals surface area contributed by atoms with E-state index in [1.54, 1.807) is 31.2 Å². The van der Waals surface area contributed by atoms with E-state index < -0.39 is 24.9 Å². The van der Waals surface area contributed by atoms with Crippen molar-refractivity contribution in [2.45, 2.75) is 32.2 Å². The van der Waals surface area contributed by atoms with Crippen molar-refractivity contribution in [3.05, 3.63) is 29.8 Å². The van der Waals surface area contributed by atoms with Gasteiger partial charge in [0, 0.05) is 18.7 Å². The summed E-state index contributed by atoms with van der Waals surface area (Å²) in [6.45, 7) is 1.81. The first-order chi connectivity index (χ1) is 9.22. The Balaban J connectivity index is 2.68. The van der Waals surface area contributed by atoms with Crippen LogP contribution in [0.1, 0.15) is 25.5 Å². The maximum atomic E-state index is 12.8. The highest BCUT2D eigenvalue weighted by Crippen LogP contribution is 2.24. The number of hydrogen-bond donors (Lipinski definition) is 2. The van der Waals surface area contributed by atoms with Crippen molar-refractivity contribution < 1.29 is 22.4 Å². The molecule has 1 atom stereocenters. The van der Waals surface area contributed by atoms with Crippen LogP contribution >= 0.6 is 0 Å². The minimum Gasteiger partial charge on any atom is -0.326 e. The number of halogens is 4. The SMILES string of the molecule is CC(=O)Nc1cccc(C(C)NCC(F)(F)C(F)F)c1. The molecule has 0 aliphatic heterocycles. The van der Waals surface area contributed by atoms with Crippen molar-refractivity contribution >= 4 is 11.6 Å². The lowest BCUT2D eigenvalue weighted by Gasteiger charge is -2.20. The van der Waals surface area contributed by atoms with Gasteiger partial charge in [-0.2, -0.15) is 8.78 Å². The lowest BCUT2D eigenvalue weighted by Crippen LogP contribution is -2.39. The summed E-state index contributed by atoms with van der Waals surface area (Å²) in [7, 11) is 0. The van der Waals surface area contributed by atoms with Gasteiger partial charge in [-0.3, -0.25) is 4.79 Å². The Morgan fingerprint density at radius 2 is 2.00 bits per heavy atom. The Labute approximate surface area is 114 Å². The maximum Gasteiger partial charge on any atom is 0.319 e. The second kappa shape index (κ2) is 6.69. The molecule has 0 bridgehead atoms. The van der Waals surface area contributed by atoms with Crippen LogP contribution in [-0.4, -0.2) is 24.8 Å². The average molecular weight is 292 g/mol. The van der Waals surface area contributed by atoms with Gasteiger partial charge in [0.15, 0.2) is 0 Å². The van der Waals surface area contributed by atoms with E-state index in [1.165, 1.54) is 6.92 Å². The Hall–Kier alpha value is -1.63. The van der Waals surface area contributed by atoms with Crippen LogP contribution in [0.15, 0.2) is 24.3 Å². The van der Waals surface area contributed by atoms with Gasteiger partial charge in [-0.15, -0.1) is 0 Å². The van der Waals surface area contributed by atoms with Crippen LogP contribution in [0.2, 0.25) is 0 Å². The third kappa shape index (κ3) is 4.80. The van der Waals surface area contributed by atoms with E-state index in [0.29, 0.717) is 11.3 Å². The fourth-order valence-corrected chi connectivity index (χ4v) is 1.57. The molecule has 7 heteroatoms. The molecule has 1 rings (SSSR count). The van der Waals surface area contributed by atoms with E-state index in [9.17, 15) is 22.4 Å². The zero-order valence-corrected chi connectivity index (χ0v) is 11.1. The van der Waals surface area contributed by atoms with Crippen molar-refractivity contribution in [3.63, 3.8) is 0 Å². The van der Waals surface area contributed by atoms with Crippen LogP contribution in [0, 0.1) is 0 Å². The fourth-order valence-electron chi connectivity index (χ4n) is 1.57. The lowest BCUT2D eigenvalue weighted by atomic mass is 10.1. The number of hydrogen-bond acceptors (Lipinski definition) is 2. The van der Waals surface area contributed by atoms with Gasteiger partial charge in [-0.25, -0.2) is 8.78 Å². The molecule has 0 aliphatic rings. The summed E-state index contributed by atoms with van der Waals surface area (Å²) in [5.41, 5.74) is 1.13. The molecule has 0 saturated carbocycles. The Kier molecular flexibility index (Phi) is 5.50. The highest BCUT2D eigenvalue weighted by Gasteiger charge is 2.40. The number of alkyl halides is 4. The predicted molar refractivity (Wildman–Crippen MR) is 68.1 cm³/mol. The number of anilines is 1. The van der Waals surface area contributed by atoms with Crippen molar-refractivity contribution in [2.75, 3.05) is 11.9 Å². The standard InChI is InChI=1S/C13H16F4N2O/c1-8(18-7-13(16,17)12(14)15)10-4-3-5-11(6-10)19-9(2)20/h3-6,8,12,18H,7H2,1-2H3,(H,19,20). The molecule has 1 aromatic carbocycles. The monoisotopic (exact) mass is 292 g/mol. The van der Waals surface area contributed by atoms with Crippen LogP contribution in [0.5, 0.6) is 0 Å². The Morgan fingerprint density at radius 1 is 1.35 bits per heavy atom. The van der Waals surface area contributed by atoms with Crippen LogP contribution in [0.25, 0.3) is 0 Å². The fraction of sp³-hybridized carbons (Fsp3) is 0.462. The summed E-state index contributed by atoms with van der Waals surface area (Å²) < 4.78 is 49.7. The molecule has 2 N–H and O–H groups in total. The van der Waals surface area contributed by atoms with E-state index in [1.807, 2.05) is 0 Å². The molecule has 3 nitrogen and oxygen atoms in total. The summed E-state index contributed by atoms with van der Waals surface area (Å²) in [4.78, 5) is 10.9. The summed E-state index contributed by atoms with van der Waals surface area (Å²) >= 11 is 0. The number of amides is 1. The zero-order valence-electron chi connectivity index (χ0n) is 11.1. The topological polar surface area (TPSA) is 41.1 Å². The van der Waals surface area contributed by atoms with Gasteiger partial charge in [-0.1, -0.05) is 12.1 Å². The number of rotatable bonds is 6. The Bertz CT molecular complexity index is 465. The Morgan fingerprint density at radius 3 is 2.55 bits per heavy atom. The number of carbonyl (C=O) groups is 1. The largest absolute Gasteiger partial charge is 0.326 e. The molecule has 1 unspecified atom stereocenters. The van der Waals surface area contributed by atoms with Crippen LogP contribution in [0.4, 0.5) is 23.2 Å². The summed E-state index contributed by atoms with van der Waals surface area (Å²) in [5.74, 6) is -4.32. The van der Waals surface area contributed by atoms with Crippen molar-refractivity contribution in [1.82, 2.24) is 5.32 Å². The molecule has 1 amide bonds. The van der Waals surface area contributed by atoms with Gasteiger partial charge in [0.05, 0.1) is 6.54 Å². The van der Waals surface area contributed by atoms with Crippen LogP contribution in [-0.2, 0) is 4.79 Å². The van der Waals surface area contributed by atoms with Gasteiger partial charge in [0.25, 0.3) is 0 Å². The van der Waals surface area contributed by atoms with Gasteiger partial charge in [-0.05, 0) is 24.6 Å². The third-order valence-electron chi connectivity index (χ3n) is 2.67. The molecule has 0 aliphatic carbocycles. The van der Waals surface area contributed by atoms with Crippen molar-refractivity contribution in [1.29, 1.82) is 0 Å². The van der Waals surface area contributed by atoms with Gasteiger partial charge in [0.1, 0.15) is 0 Å².